The number of hydrogen-bond donors (Lipinski definition) is 0. The van der Waals surface area contributed by atoms with Crippen LogP contribution in [-0.2, 0) is 6.54 Å². The Morgan fingerprint density at radius 2 is 1.88 bits per heavy atom. The lowest BCUT2D eigenvalue weighted by Gasteiger charge is -2.39. The van der Waals surface area contributed by atoms with E-state index in [0.717, 1.165) is 38.5 Å². The summed E-state index contributed by atoms with van der Waals surface area (Å²) in [4.78, 5) is 15.3. The first kappa shape index (κ1) is 18.3. The van der Waals surface area contributed by atoms with Gasteiger partial charge in [-0.2, -0.15) is 0 Å². The highest BCUT2D eigenvalue weighted by molar-refractivity contribution is 5.64. The Kier molecular flexibility index (Phi) is 5.83. The molecule has 1 saturated heterocycles. The van der Waals surface area contributed by atoms with Crippen molar-refractivity contribution in [1.29, 1.82) is 0 Å². The van der Waals surface area contributed by atoms with Crippen LogP contribution in [0.2, 0.25) is 0 Å². The summed E-state index contributed by atoms with van der Waals surface area (Å²) in [5.41, 5.74) is 1.65. The normalized spacial score (nSPS) is 15.8. The van der Waals surface area contributed by atoms with Gasteiger partial charge in [-0.05, 0) is 31.4 Å². The van der Waals surface area contributed by atoms with Crippen LogP contribution in [0.3, 0.4) is 0 Å². The Balaban J connectivity index is 1.69. The third-order valence-corrected chi connectivity index (χ3v) is 5.03. The molecule has 0 radical (unpaired) electrons. The molecular weight excluding hydrogens is 333 g/mol. The lowest BCUT2D eigenvalue weighted by Crippen LogP contribution is -2.45. The van der Waals surface area contributed by atoms with Crippen molar-refractivity contribution in [3.63, 3.8) is 0 Å². The molecule has 0 aromatic heterocycles. The maximum absolute atomic E-state index is 13.7. The maximum Gasteiger partial charge on any atom is 0.292 e. The molecule has 0 N–H and O–H groups in total. The van der Waals surface area contributed by atoms with Gasteiger partial charge in [-0.15, -0.1) is 0 Å². The lowest BCUT2D eigenvalue weighted by molar-refractivity contribution is -0.384. The van der Waals surface area contributed by atoms with Gasteiger partial charge in [0.1, 0.15) is 11.5 Å². The molecule has 0 spiro atoms. The topological polar surface area (TPSA) is 49.6 Å². The highest BCUT2D eigenvalue weighted by Gasteiger charge is 2.28. The number of nitro groups is 1. The van der Waals surface area contributed by atoms with E-state index in [1.807, 2.05) is 30.0 Å². The third kappa shape index (κ3) is 4.19. The van der Waals surface area contributed by atoms with Gasteiger partial charge in [-0.3, -0.25) is 15.0 Å². The predicted molar refractivity (Wildman–Crippen MR) is 101 cm³/mol. The minimum absolute atomic E-state index is 0.0278. The molecule has 138 valence electrons. The highest BCUT2D eigenvalue weighted by atomic mass is 19.1. The van der Waals surface area contributed by atoms with E-state index in [4.69, 9.17) is 0 Å². The molecular formula is C20H24FN3O2. The largest absolute Gasteiger partial charge is 0.363 e. The average Bonchev–Trinajstić information content (AvgIpc) is 2.64. The van der Waals surface area contributed by atoms with Crippen molar-refractivity contribution in [3.8, 4) is 0 Å². The van der Waals surface area contributed by atoms with Crippen molar-refractivity contribution >= 4 is 11.4 Å². The molecule has 0 atom stereocenters. The molecule has 2 aromatic rings. The third-order valence-electron chi connectivity index (χ3n) is 5.03. The van der Waals surface area contributed by atoms with Crippen LogP contribution in [0.1, 0.15) is 25.3 Å². The Bertz CT molecular complexity index is 746. The van der Waals surface area contributed by atoms with E-state index in [9.17, 15) is 14.5 Å². The van der Waals surface area contributed by atoms with Gasteiger partial charge < -0.3 is 4.90 Å². The molecule has 0 amide bonds. The average molecular weight is 357 g/mol. The van der Waals surface area contributed by atoms with E-state index in [2.05, 4.69) is 17.0 Å². The van der Waals surface area contributed by atoms with Crippen LogP contribution >= 0.6 is 0 Å². The van der Waals surface area contributed by atoms with Crippen LogP contribution in [-0.4, -0.2) is 35.5 Å². The highest BCUT2D eigenvalue weighted by Crippen LogP contribution is 2.32. The van der Waals surface area contributed by atoms with Crippen LogP contribution in [0.5, 0.6) is 0 Å². The first-order chi connectivity index (χ1) is 12.6. The zero-order chi connectivity index (χ0) is 18.5. The quantitative estimate of drug-likeness (QED) is 0.574. The minimum Gasteiger partial charge on any atom is -0.363 e. The number of rotatable bonds is 6. The number of nitrogens with zero attached hydrogens (tertiary/aromatic N) is 3. The molecule has 1 aliphatic heterocycles. The van der Waals surface area contributed by atoms with Gasteiger partial charge in [0.15, 0.2) is 0 Å². The molecule has 26 heavy (non-hydrogen) atoms. The molecule has 5 nitrogen and oxygen atoms in total. The van der Waals surface area contributed by atoms with Gasteiger partial charge in [0, 0.05) is 44.4 Å². The summed E-state index contributed by atoms with van der Waals surface area (Å²) in [7, 11) is 0. The summed E-state index contributed by atoms with van der Waals surface area (Å²) in [6, 6.07) is 14.2. The number of benzene rings is 2. The van der Waals surface area contributed by atoms with Crippen molar-refractivity contribution in [2.24, 2.45) is 0 Å². The monoisotopic (exact) mass is 357 g/mol. The van der Waals surface area contributed by atoms with Crippen LogP contribution in [0, 0.1) is 15.9 Å². The number of piperidine rings is 1. The Morgan fingerprint density at radius 3 is 2.50 bits per heavy atom. The smallest absolute Gasteiger partial charge is 0.292 e. The Labute approximate surface area is 153 Å². The fourth-order valence-electron chi connectivity index (χ4n) is 3.74. The number of nitro benzene ring substituents is 1. The molecule has 0 saturated carbocycles. The van der Waals surface area contributed by atoms with E-state index >= 15 is 0 Å². The van der Waals surface area contributed by atoms with Crippen LogP contribution in [0.4, 0.5) is 15.8 Å². The summed E-state index contributed by atoms with van der Waals surface area (Å²) in [6.07, 6.45) is 1.82. The SMILES string of the molecule is CCN(c1cc(F)ccc1[N+](=O)[O-])C1CCN(Cc2ccccc2)CC1. The van der Waals surface area contributed by atoms with Gasteiger partial charge in [-0.25, -0.2) is 4.39 Å². The second-order valence-electron chi connectivity index (χ2n) is 6.67. The number of halogens is 1. The van der Waals surface area contributed by atoms with E-state index in [0.29, 0.717) is 12.2 Å². The van der Waals surface area contributed by atoms with Gasteiger partial charge >= 0.3 is 0 Å². The molecule has 0 bridgehead atoms. The molecule has 0 aliphatic carbocycles. The first-order valence-electron chi connectivity index (χ1n) is 9.05. The van der Waals surface area contributed by atoms with E-state index in [-0.39, 0.29) is 11.7 Å². The molecule has 6 heteroatoms. The Morgan fingerprint density at radius 1 is 1.19 bits per heavy atom. The molecule has 2 aromatic carbocycles. The predicted octanol–water partition coefficient (Wildman–Crippen LogP) is 4.22. The van der Waals surface area contributed by atoms with Gasteiger partial charge in [0.05, 0.1) is 4.92 Å². The molecule has 1 fully saturated rings. The fraction of sp³-hybridized carbons (Fsp3) is 0.400. The summed E-state index contributed by atoms with van der Waals surface area (Å²) >= 11 is 0. The zero-order valence-corrected chi connectivity index (χ0v) is 15.0. The van der Waals surface area contributed by atoms with Crippen molar-refractivity contribution in [3.05, 3.63) is 70.0 Å². The number of likely N-dealkylation sites (tertiary alicyclic amines) is 1. The molecule has 3 rings (SSSR count). The van der Waals surface area contributed by atoms with Crippen LogP contribution in [0.15, 0.2) is 48.5 Å². The van der Waals surface area contributed by atoms with Crippen molar-refractivity contribution in [2.75, 3.05) is 24.5 Å². The minimum atomic E-state index is -0.439. The maximum atomic E-state index is 13.7. The van der Waals surface area contributed by atoms with E-state index < -0.39 is 10.7 Å². The molecule has 0 unspecified atom stereocenters. The second kappa shape index (κ2) is 8.27. The van der Waals surface area contributed by atoms with Gasteiger partial charge in [0.2, 0.25) is 0 Å². The lowest BCUT2D eigenvalue weighted by atomic mass is 10.0. The summed E-state index contributed by atoms with van der Waals surface area (Å²) in [5, 5.41) is 11.3. The van der Waals surface area contributed by atoms with Crippen LogP contribution < -0.4 is 4.90 Å². The standard InChI is InChI=1S/C20H24FN3O2/c1-2-23(20-14-17(21)8-9-19(20)24(25)26)18-10-12-22(13-11-18)15-16-6-4-3-5-7-16/h3-9,14,18H,2,10-13,15H2,1H3. The molecule has 1 heterocycles. The number of anilines is 1. The van der Waals surface area contributed by atoms with E-state index in [1.165, 1.54) is 17.7 Å². The van der Waals surface area contributed by atoms with Crippen LogP contribution in [0.25, 0.3) is 0 Å². The van der Waals surface area contributed by atoms with Crippen molar-refractivity contribution in [1.82, 2.24) is 4.90 Å². The summed E-state index contributed by atoms with van der Waals surface area (Å²) in [6.45, 7) is 5.36. The van der Waals surface area contributed by atoms with Gasteiger partial charge in [-0.1, -0.05) is 30.3 Å². The van der Waals surface area contributed by atoms with Gasteiger partial charge in [0.25, 0.3) is 5.69 Å². The Hall–Kier alpha value is -2.47. The molecule has 1 aliphatic rings. The number of hydrogen-bond acceptors (Lipinski definition) is 4. The zero-order valence-electron chi connectivity index (χ0n) is 15.0. The fourth-order valence-corrected chi connectivity index (χ4v) is 3.74. The van der Waals surface area contributed by atoms with Crippen molar-refractivity contribution < 1.29 is 9.31 Å². The second-order valence-corrected chi connectivity index (χ2v) is 6.67. The summed E-state index contributed by atoms with van der Waals surface area (Å²) < 4.78 is 13.7. The first-order valence-corrected chi connectivity index (χ1v) is 9.05. The summed E-state index contributed by atoms with van der Waals surface area (Å²) in [5.74, 6) is -0.439. The van der Waals surface area contributed by atoms with Crippen molar-refractivity contribution in [2.45, 2.75) is 32.4 Å². The van der Waals surface area contributed by atoms with E-state index in [1.54, 1.807) is 0 Å².